The molecular weight excluding hydrogens is 292 g/mol. The van der Waals surface area contributed by atoms with Crippen molar-refractivity contribution in [1.29, 1.82) is 0 Å². The van der Waals surface area contributed by atoms with Crippen LogP contribution >= 0.6 is 0 Å². The molecule has 2 atom stereocenters. The molecule has 1 spiro atoms. The summed E-state index contributed by atoms with van der Waals surface area (Å²) < 4.78 is 11.7. The van der Waals surface area contributed by atoms with Gasteiger partial charge in [-0.2, -0.15) is 0 Å². The molecule has 2 aromatic rings. The van der Waals surface area contributed by atoms with Gasteiger partial charge in [0.2, 0.25) is 5.95 Å². The molecule has 2 saturated heterocycles. The molecule has 2 aliphatic rings. The zero-order valence-electron chi connectivity index (χ0n) is 13.4. The summed E-state index contributed by atoms with van der Waals surface area (Å²) in [6, 6.07) is 6.15. The second-order valence-electron chi connectivity index (χ2n) is 6.55. The van der Waals surface area contributed by atoms with Gasteiger partial charge in [-0.3, -0.25) is 4.90 Å². The summed E-state index contributed by atoms with van der Waals surface area (Å²) in [7, 11) is 2.05. The van der Waals surface area contributed by atoms with Gasteiger partial charge in [0.1, 0.15) is 5.76 Å². The molecule has 0 aliphatic carbocycles. The molecule has 0 N–H and O–H groups in total. The highest BCUT2D eigenvalue weighted by Gasteiger charge is 2.46. The predicted octanol–water partition coefficient (Wildman–Crippen LogP) is 1.94. The number of likely N-dealkylation sites (N-methyl/N-ethyl adjacent to an activating group) is 1. The third kappa shape index (κ3) is 2.96. The number of hydrogen-bond acceptors (Lipinski definition) is 6. The smallest absolute Gasteiger partial charge is 0.225 e. The van der Waals surface area contributed by atoms with Crippen LogP contribution in [0.4, 0.5) is 5.95 Å². The van der Waals surface area contributed by atoms with E-state index in [2.05, 4.69) is 26.8 Å². The normalized spacial score (nSPS) is 27.8. The fourth-order valence-electron chi connectivity index (χ4n) is 3.68. The van der Waals surface area contributed by atoms with E-state index in [1.165, 1.54) is 0 Å². The first-order chi connectivity index (χ1) is 11.2. The third-order valence-electron chi connectivity index (χ3n) is 4.96. The van der Waals surface area contributed by atoms with Gasteiger partial charge in [-0.25, -0.2) is 9.97 Å². The number of ether oxygens (including phenoxy) is 1. The standard InChI is InChI=1S/C17H22N4O2/c1-20(16-18-6-3-7-19-16)14-10-17(23-12-14)5-8-21(13-17)11-15-4-2-9-22-15/h2-4,6-7,9,14H,5,8,10-13H2,1H3. The van der Waals surface area contributed by atoms with Gasteiger partial charge in [0.25, 0.3) is 0 Å². The highest BCUT2D eigenvalue weighted by Crippen LogP contribution is 2.37. The number of furan rings is 1. The fourth-order valence-corrected chi connectivity index (χ4v) is 3.68. The summed E-state index contributed by atoms with van der Waals surface area (Å²) in [6.07, 6.45) is 7.40. The maximum atomic E-state index is 6.24. The molecule has 23 heavy (non-hydrogen) atoms. The molecule has 6 heteroatoms. The Morgan fingerprint density at radius 1 is 1.35 bits per heavy atom. The van der Waals surface area contributed by atoms with Gasteiger partial charge in [0.05, 0.1) is 31.1 Å². The van der Waals surface area contributed by atoms with Crippen LogP contribution < -0.4 is 4.90 Å². The van der Waals surface area contributed by atoms with Crippen LogP contribution in [0, 0.1) is 0 Å². The first-order valence-electron chi connectivity index (χ1n) is 8.13. The molecule has 0 radical (unpaired) electrons. The zero-order valence-corrected chi connectivity index (χ0v) is 13.4. The van der Waals surface area contributed by atoms with Crippen LogP contribution in [0.3, 0.4) is 0 Å². The van der Waals surface area contributed by atoms with E-state index >= 15 is 0 Å². The zero-order chi connectivity index (χ0) is 15.7. The topological polar surface area (TPSA) is 54.6 Å². The lowest BCUT2D eigenvalue weighted by molar-refractivity contribution is 0.0114. The summed E-state index contributed by atoms with van der Waals surface area (Å²) in [4.78, 5) is 13.2. The quantitative estimate of drug-likeness (QED) is 0.859. The number of rotatable bonds is 4. The molecule has 0 bridgehead atoms. The van der Waals surface area contributed by atoms with Crippen LogP contribution in [0.5, 0.6) is 0 Å². The largest absolute Gasteiger partial charge is 0.468 e. The molecule has 6 nitrogen and oxygen atoms in total. The maximum absolute atomic E-state index is 6.24. The SMILES string of the molecule is CN(c1ncccn1)C1COC2(CCN(Cc3ccco3)C2)C1. The lowest BCUT2D eigenvalue weighted by Gasteiger charge is -2.26. The Morgan fingerprint density at radius 3 is 3.00 bits per heavy atom. The lowest BCUT2D eigenvalue weighted by Crippen LogP contribution is -2.36. The molecule has 0 aromatic carbocycles. The van der Waals surface area contributed by atoms with Crippen molar-refractivity contribution >= 4 is 5.95 Å². The number of aromatic nitrogens is 2. The Balaban J connectivity index is 1.38. The Bertz CT molecular complexity index is 633. The third-order valence-corrected chi connectivity index (χ3v) is 4.96. The molecule has 0 saturated carbocycles. The van der Waals surface area contributed by atoms with Crippen molar-refractivity contribution < 1.29 is 9.15 Å². The average molecular weight is 314 g/mol. The summed E-state index contributed by atoms with van der Waals surface area (Å²) in [6.45, 7) is 3.62. The Morgan fingerprint density at radius 2 is 2.22 bits per heavy atom. The van der Waals surface area contributed by atoms with Crippen LogP contribution in [0.2, 0.25) is 0 Å². The average Bonchev–Trinajstić information content (AvgIpc) is 3.31. The van der Waals surface area contributed by atoms with Gasteiger partial charge < -0.3 is 14.1 Å². The minimum Gasteiger partial charge on any atom is -0.468 e. The van der Waals surface area contributed by atoms with E-state index in [1.807, 2.05) is 18.2 Å². The molecule has 2 unspecified atom stereocenters. The second kappa shape index (κ2) is 5.94. The minimum atomic E-state index is -0.0275. The van der Waals surface area contributed by atoms with Crippen molar-refractivity contribution in [3.05, 3.63) is 42.6 Å². The Labute approximate surface area is 136 Å². The van der Waals surface area contributed by atoms with E-state index < -0.39 is 0 Å². The molecule has 4 heterocycles. The van der Waals surface area contributed by atoms with E-state index in [0.717, 1.165) is 50.8 Å². The second-order valence-corrected chi connectivity index (χ2v) is 6.55. The number of hydrogen-bond donors (Lipinski definition) is 0. The summed E-state index contributed by atoms with van der Waals surface area (Å²) in [5, 5.41) is 0. The highest BCUT2D eigenvalue weighted by atomic mass is 16.5. The van der Waals surface area contributed by atoms with Crippen molar-refractivity contribution in [2.75, 3.05) is 31.6 Å². The van der Waals surface area contributed by atoms with E-state index in [0.29, 0.717) is 6.04 Å². The minimum absolute atomic E-state index is 0.0275. The van der Waals surface area contributed by atoms with Crippen LogP contribution in [0.1, 0.15) is 18.6 Å². The van der Waals surface area contributed by atoms with Gasteiger partial charge in [0.15, 0.2) is 0 Å². The summed E-state index contributed by atoms with van der Waals surface area (Å²) >= 11 is 0. The first kappa shape index (κ1) is 14.7. The molecule has 122 valence electrons. The molecule has 4 rings (SSSR count). The van der Waals surface area contributed by atoms with Crippen molar-refractivity contribution in [3.8, 4) is 0 Å². The molecule has 0 amide bonds. The van der Waals surface area contributed by atoms with Gasteiger partial charge in [0, 0.05) is 39.0 Å². The molecular formula is C17H22N4O2. The van der Waals surface area contributed by atoms with Crippen molar-refractivity contribution in [2.24, 2.45) is 0 Å². The Kier molecular flexibility index (Phi) is 3.79. The van der Waals surface area contributed by atoms with Crippen LogP contribution in [-0.2, 0) is 11.3 Å². The molecule has 2 aromatic heterocycles. The summed E-state index contributed by atoms with van der Waals surface area (Å²) in [5.74, 6) is 1.79. The van der Waals surface area contributed by atoms with Crippen LogP contribution in [0.15, 0.2) is 41.3 Å². The maximum Gasteiger partial charge on any atom is 0.225 e. The van der Waals surface area contributed by atoms with Crippen molar-refractivity contribution in [1.82, 2.24) is 14.9 Å². The van der Waals surface area contributed by atoms with E-state index in [-0.39, 0.29) is 5.60 Å². The molecule has 2 fully saturated rings. The fraction of sp³-hybridized carbons (Fsp3) is 0.529. The van der Waals surface area contributed by atoms with Crippen LogP contribution in [0.25, 0.3) is 0 Å². The number of anilines is 1. The van der Waals surface area contributed by atoms with E-state index in [4.69, 9.17) is 9.15 Å². The first-order valence-corrected chi connectivity index (χ1v) is 8.13. The van der Waals surface area contributed by atoms with Gasteiger partial charge in [-0.15, -0.1) is 0 Å². The van der Waals surface area contributed by atoms with Crippen LogP contribution in [-0.4, -0.2) is 53.3 Å². The van der Waals surface area contributed by atoms with Gasteiger partial charge in [-0.1, -0.05) is 0 Å². The lowest BCUT2D eigenvalue weighted by atomic mass is 9.97. The van der Waals surface area contributed by atoms with E-state index in [1.54, 1.807) is 18.7 Å². The predicted molar refractivity (Wildman–Crippen MR) is 86.1 cm³/mol. The Hall–Kier alpha value is -1.92. The number of likely N-dealkylation sites (tertiary alicyclic amines) is 1. The van der Waals surface area contributed by atoms with Crippen molar-refractivity contribution in [2.45, 2.75) is 31.0 Å². The monoisotopic (exact) mass is 314 g/mol. The van der Waals surface area contributed by atoms with E-state index in [9.17, 15) is 0 Å². The van der Waals surface area contributed by atoms with Gasteiger partial charge >= 0.3 is 0 Å². The van der Waals surface area contributed by atoms with Crippen molar-refractivity contribution in [3.63, 3.8) is 0 Å². The highest BCUT2D eigenvalue weighted by molar-refractivity contribution is 5.30. The number of nitrogens with zero attached hydrogens (tertiary/aromatic N) is 4. The molecule has 2 aliphatic heterocycles. The summed E-state index contributed by atoms with van der Waals surface area (Å²) in [5.41, 5.74) is -0.0275. The van der Waals surface area contributed by atoms with Gasteiger partial charge in [-0.05, 0) is 24.6 Å².